The van der Waals surface area contributed by atoms with Gasteiger partial charge in [0.15, 0.2) is 17.3 Å². The van der Waals surface area contributed by atoms with Crippen LogP contribution in [0.4, 0.5) is 5.69 Å². The average molecular weight is 353 g/mol. The summed E-state index contributed by atoms with van der Waals surface area (Å²) in [5, 5.41) is 10.7. The van der Waals surface area contributed by atoms with Crippen molar-refractivity contribution in [3.05, 3.63) is 69.8 Å². The maximum atomic E-state index is 12.4. The second-order valence-corrected chi connectivity index (χ2v) is 6.95. The van der Waals surface area contributed by atoms with E-state index in [1.165, 1.54) is 18.2 Å². The van der Waals surface area contributed by atoms with Crippen LogP contribution in [0.25, 0.3) is 6.08 Å². The van der Waals surface area contributed by atoms with E-state index in [2.05, 4.69) is 13.8 Å². The fourth-order valence-corrected chi connectivity index (χ4v) is 2.46. The molecule has 0 aliphatic carbocycles. The smallest absolute Gasteiger partial charge is 0.269 e. The summed E-state index contributed by atoms with van der Waals surface area (Å²) >= 11 is 0. The third-order valence-electron chi connectivity index (χ3n) is 4.00. The van der Waals surface area contributed by atoms with E-state index < -0.39 is 4.92 Å². The third kappa shape index (κ3) is 4.08. The van der Waals surface area contributed by atoms with Crippen molar-refractivity contribution in [3.8, 4) is 11.5 Å². The number of hydrogen-bond acceptors (Lipinski definition) is 5. The highest BCUT2D eigenvalue weighted by molar-refractivity contribution is 6.07. The van der Waals surface area contributed by atoms with Crippen LogP contribution in [0.15, 0.2) is 48.5 Å². The van der Waals surface area contributed by atoms with Crippen molar-refractivity contribution in [2.45, 2.75) is 13.8 Å². The number of nitro groups is 1. The van der Waals surface area contributed by atoms with Crippen molar-refractivity contribution >= 4 is 17.5 Å². The molecule has 0 fully saturated rings. The van der Waals surface area contributed by atoms with Crippen LogP contribution in [0.2, 0.25) is 0 Å². The van der Waals surface area contributed by atoms with E-state index in [1.807, 2.05) is 0 Å². The maximum absolute atomic E-state index is 12.4. The lowest BCUT2D eigenvalue weighted by Gasteiger charge is -2.19. The predicted molar refractivity (Wildman–Crippen MR) is 97.7 cm³/mol. The molecule has 0 bridgehead atoms. The van der Waals surface area contributed by atoms with Crippen LogP contribution in [0.1, 0.15) is 29.8 Å². The van der Waals surface area contributed by atoms with E-state index in [0.29, 0.717) is 35.8 Å². The Bertz CT molecular complexity index is 868. The zero-order valence-electron chi connectivity index (χ0n) is 14.6. The minimum absolute atomic E-state index is 0.0132. The molecular weight excluding hydrogens is 334 g/mol. The predicted octanol–water partition coefficient (Wildman–Crippen LogP) is 4.29. The molecule has 6 nitrogen and oxygen atoms in total. The molecule has 1 aliphatic rings. The lowest BCUT2D eigenvalue weighted by Crippen LogP contribution is -2.26. The molecular formula is C20H19NO5. The number of benzene rings is 2. The highest BCUT2D eigenvalue weighted by Crippen LogP contribution is 2.34. The lowest BCUT2D eigenvalue weighted by atomic mass is 9.97. The molecule has 6 heteroatoms. The molecule has 0 saturated carbocycles. The van der Waals surface area contributed by atoms with Gasteiger partial charge in [-0.25, -0.2) is 0 Å². The van der Waals surface area contributed by atoms with Crippen molar-refractivity contribution in [2.24, 2.45) is 5.41 Å². The van der Waals surface area contributed by atoms with Crippen molar-refractivity contribution in [3.63, 3.8) is 0 Å². The first-order chi connectivity index (χ1) is 12.3. The van der Waals surface area contributed by atoms with Crippen LogP contribution in [0.3, 0.4) is 0 Å². The van der Waals surface area contributed by atoms with E-state index >= 15 is 0 Å². The van der Waals surface area contributed by atoms with Gasteiger partial charge in [-0.05, 0) is 42.0 Å². The Morgan fingerprint density at radius 1 is 1.08 bits per heavy atom. The highest BCUT2D eigenvalue weighted by atomic mass is 16.6. The number of hydrogen-bond donors (Lipinski definition) is 0. The Labute approximate surface area is 151 Å². The topological polar surface area (TPSA) is 78.7 Å². The number of carbonyl (C=O) groups excluding carboxylic acids is 1. The van der Waals surface area contributed by atoms with E-state index in [1.54, 1.807) is 36.4 Å². The van der Waals surface area contributed by atoms with Gasteiger partial charge in [0.25, 0.3) is 5.69 Å². The number of carbonyl (C=O) groups is 1. The minimum atomic E-state index is -0.461. The summed E-state index contributed by atoms with van der Waals surface area (Å²) in [5.74, 6) is 1.01. The minimum Gasteiger partial charge on any atom is -0.489 e. The van der Waals surface area contributed by atoms with Gasteiger partial charge in [0.1, 0.15) is 0 Å². The number of nitro benzene ring substituents is 1. The Kier molecular flexibility index (Phi) is 4.75. The molecule has 26 heavy (non-hydrogen) atoms. The number of ether oxygens (including phenoxy) is 2. The van der Waals surface area contributed by atoms with Gasteiger partial charge in [-0.1, -0.05) is 19.9 Å². The number of rotatable bonds is 4. The maximum Gasteiger partial charge on any atom is 0.269 e. The largest absolute Gasteiger partial charge is 0.489 e. The number of ketones is 1. The molecule has 0 spiro atoms. The monoisotopic (exact) mass is 353 g/mol. The van der Waals surface area contributed by atoms with Gasteiger partial charge >= 0.3 is 0 Å². The molecule has 134 valence electrons. The first-order valence-corrected chi connectivity index (χ1v) is 8.21. The SMILES string of the molecule is CC1(C)COc2ccc(C(=O)/C=C/c3ccc([N+](=O)[O-])cc3)cc2OC1. The second kappa shape index (κ2) is 7.00. The van der Waals surface area contributed by atoms with Gasteiger partial charge in [0, 0.05) is 23.1 Å². The van der Waals surface area contributed by atoms with Crippen molar-refractivity contribution < 1.29 is 19.2 Å². The number of fused-ring (bicyclic) bond motifs is 1. The van der Waals surface area contributed by atoms with Crippen molar-refractivity contribution in [2.75, 3.05) is 13.2 Å². The fourth-order valence-electron chi connectivity index (χ4n) is 2.46. The van der Waals surface area contributed by atoms with Crippen LogP contribution in [-0.2, 0) is 0 Å². The summed E-state index contributed by atoms with van der Waals surface area (Å²) in [6.07, 6.45) is 3.06. The summed E-state index contributed by atoms with van der Waals surface area (Å²) in [6.45, 7) is 5.17. The van der Waals surface area contributed by atoms with Gasteiger partial charge in [-0.3, -0.25) is 14.9 Å². The molecule has 0 saturated heterocycles. The second-order valence-electron chi connectivity index (χ2n) is 6.95. The number of nitrogens with zero attached hydrogens (tertiary/aromatic N) is 1. The van der Waals surface area contributed by atoms with Crippen molar-refractivity contribution in [1.29, 1.82) is 0 Å². The summed E-state index contributed by atoms with van der Waals surface area (Å²) < 4.78 is 11.5. The third-order valence-corrected chi connectivity index (χ3v) is 4.00. The molecule has 3 rings (SSSR count). The summed E-state index contributed by atoms with van der Waals surface area (Å²) in [5.41, 5.74) is 1.11. The Hall–Kier alpha value is -3.15. The van der Waals surface area contributed by atoms with Gasteiger partial charge in [-0.2, -0.15) is 0 Å². The van der Waals surface area contributed by atoms with Gasteiger partial charge in [0.05, 0.1) is 18.1 Å². The zero-order valence-corrected chi connectivity index (χ0v) is 14.6. The van der Waals surface area contributed by atoms with Crippen molar-refractivity contribution in [1.82, 2.24) is 0 Å². The van der Waals surface area contributed by atoms with E-state index in [-0.39, 0.29) is 16.9 Å². The Morgan fingerprint density at radius 3 is 2.38 bits per heavy atom. The fraction of sp³-hybridized carbons (Fsp3) is 0.250. The number of allylic oxidation sites excluding steroid dienone is 1. The quantitative estimate of drug-likeness (QED) is 0.355. The standard InChI is InChI=1S/C20H19NO5/c1-20(2)12-25-18-10-6-15(11-19(18)26-13-20)17(22)9-5-14-3-7-16(8-4-14)21(23)24/h3-11H,12-13H2,1-2H3/b9-5+. The highest BCUT2D eigenvalue weighted by Gasteiger charge is 2.25. The first-order valence-electron chi connectivity index (χ1n) is 8.21. The van der Waals surface area contributed by atoms with Gasteiger partial charge in [-0.15, -0.1) is 0 Å². The summed E-state index contributed by atoms with van der Waals surface area (Å²) in [6, 6.07) is 11.1. The molecule has 0 unspecified atom stereocenters. The first kappa shape index (κ1) is 17.7. The van der Waals surface area contributed by atoms with Crippen LogP contribution < -0.4 is 9.47 Å². The molecule has 1 heterocycles. The van der Waals surface area contributed by atoms with Gasteiger partial charge < -0.3 is 9.47 Å². The van der Waals surface area contributed by atoms with Crippen LogP contribution in [-0.4, -0.2) is 23.9 Å². The molecule has 0 atom stereocenters. The molecule has 0 aromatic heterocycles. The molecule has 0 N–H and O–H groups in total. The van der Waals surface area contributed by atoms with Crippen LogP contribution in [0.5, 0.6) is 11.5 Å². The molecule has 0 radical (unpaired) electrons. The molecule has 2 aromatic carbocycles. The summed E-state index contributed by atoms with van der Waals surface area (Å²) in [4.78, 5) is 22.6. The van der Waals surface area contributed by atoms with E-state index in [4.69, 9.17) is 9.47 Å². The number of non-ortho nitro benzene ring substituents is 1. The van der Waals surface area contributed by atoms with Crippen LogP contribution in [0, 0.1) is 15.5 Å². The molecule has 2 aromatic rings. The normalized spacial score (nSPS) is 15.5. The molecule has 1 aliphatic heterocycles. The summed E-state index contributed by atoms with van der Waals surface area (Å²) in [7, 11) is 0. The average Bonchev–Trinajstić information content (AvgIpc) is 2.78. The Balaban J connectivity index is 1.74. The van der Waals surface area contributed by atoms with E-state index in [9.17, 15) is 14.9 Å². The Morgan fingerprint density at radius 2 is 1.73 bits per heavy atom. The van der Waals surface area contributed by atoms with Crippen LogP contribution >= 0.6 is 0 Å². The zero-order chi connectivity index (χ0) is 18.7. The van der Waals surface area contributed by atoms with E-state index in [0.717, 1.165) is 0 Å². The molecule has 0 amide bonds. The lowest BCUT2D eigenvalue weighted by molar-refractivity contribution is -0.384. The van der Waals surface area contributed by atoms with Gasteiger partial charge in [0.2, 0.25) is 0 Å².